The molecule has 1 amide bonds. The van der Waals surface area contributed by atoms with Gasteiger partial charge in [0, 0.05) is 44.2 Å². The third-order valence-electron chi connectivity index (χ3n) is 2.70. The summed E-state index contributed by atoms with van der Waals surface area (Å²) in [5.41, 5.74) is 0. The first-order valence-corrected chi connectivity index (χ1v) is 7.15. The molecule has 0 spiro atoms. The van der Waals surface area contributed by atoms with Crippen LogP contribution in [0.3, 0.4) is 0 Å². The summed E-state index contributed by atoms with van der Waals surface area (Å²) in [6.07, 6.45) is -2.22. The Morgan fingerprint density at radius 2 is 2.32 bits per heavy atom. The maximum atomic E-state index is 12.4. The molecule has 114 valence electrons. The lowest BCUT2D eigenvalue weighted by molar-refractivity contribution is -0.134. The fourth-order valence-corrected chi connectivity index (χ4v) is 2.73. The summed E-state index contributed by atoms with van der Waals surface area (Å²) >= 11 is 1.78. The van der Waals surface area contributed by atoms with E-state index in [-0.39, 0.29) is 43.9 Å². The van der Waals surface area contributed by atoms with Crippen molar-refractivity contribution >= 4 is 30.1 Å². The minimum Gasteiger partial charge on any atom is -0.383 e. The van der Waals surface area contributed by atoms with Crippen LogP contribution >= 0.6 is 24.2 Å². The van der Waals surface area contributed by atoms with Crippen molar-refractivity contribution in [1.82, 2.24) is 10.2 Å². The van der Waals surface area contributed by atoms with Gasteiger partial charge in [-0.15, -0.1) is 12.4 Å². The molecule has 1 aliphatic heterocycles. The fourth-order valence-electron chi connectivity index (χ4n) is 1.78. The first-order chi connectivity index (χ1) is 8.63. The van der Waals surface area contributed by atoms with Crippen LogP contribution in [0.2, 0.25) is 0 Å². The third-order valence-corrected chi connectivity index (χ3v) is 3.83. The van der Waals surface area contributed by atoms with Crippen molar-refractivity contribution < 1.29 is 18.3 Å². The second-order valence-corrected chi connectivity index (χ2v) is 5.30. The van der Waals surface area contributed by atoms with Crippen LogP contribution < -0.4 is 5.32 Å². The van der Waals surface area contributed by atoms with Gasteiger partial charge in [-0.1, -0.05) is 0 Å². The zero-order valence-corrected chi connectivity index (χ0v) is 12.6. The number of amides is 1. The second kappa shape index (κ2) is 10.7. The number of ether oxygens (including phenoxy) is 1. The Hall–Kier alpha value is -0.110. The summed E-state index contributed by atoms with van der Waals surface area (Å²) in [7, 11) is 1.49. The molecule has 19 heavy (non-hydrogen) atoms. The number of halogens is 3. The van der Waals surface area contributed by atoms with Crippen LogP contribution in [0.15, 0.2) is 0 Å². The number of carbonyl (C=O) groups is 1. The predicted molar refractivity (Wildman–Crippen MR) is 75.4 cm³/mol. The van der Waals surface area contributed by atoms with Crippen molar-refractivity contribution in [3.8, 4) is 0 Å². The van der Waals surface area contributed by atoms with Crippen molar-refractivity contribution in [3.63, 3.8) is 0 Å². The summed E-state index contributed by atoms with van der Waals surface area (Å²) in [6.45, 7) is 0.864. The Morgan fingerprint density at radius 1 is 1.58 bits per heavy atom. The quantitative estimate of drug-likeness (QED) is 0.767. The van der Waals surface area contributed by atoms with Gasteiger partial charge < -0.3 is 15.0 Å². The molecule has 1 unspecified atom stereocenters. The third kappa shape index (κ3) is 7.91. The minimum atomic E-state index is -2.50. The predicted octanol–water partition coefficient (Wildman–Crippen LogP) is 1.24. The zero-order chi connectivity index (χ0) is 13.4. The van der Waals surface area contributed by atoms with Gasteiger partial charge in [0.2, 0.25) is 5.91 Å². The molecule has 0 aliphatic carbocycles. The van der Waals surface area contributed by atoms with E-state index in [0.29, 0.717) is 0 Å². The van der Waals surface area contributed by atoms with E-state index in [1.54, 1.807) is 11.8 Å². The van der Waals surface area contributed by atoms with Crippen LogP contribution in [0, 0.1) is 0 Å². The topological polar surface area (TPSA) is 41.6 Å². The number of carbonyl (C=O) groups excluding carboxylic acids is 1. The average Bonchev–Trinajstić information content (AvgIpc) is 2.35. The van der Waals surface area contributed by atoms with Crippen molar-refractivity contribution in [2.24, 2.45) is 0 Å². The van der Waals surface area contributed by atoms with Gasteiger partial charge >= 0.3 is 0 Å². The highest BCUT2D eigenvalue weighted by Crippen LogP contribution is 2.12. The molecular formula is C11H21ClF2N2O2S. The van der Waals surface area contributed by atoms with Crippen molar-refractivity contribution in [3.05, 3.63) is 0 Å². The van der Waals surface area contributed by atoms with E-state index in [9.17, 15) is 13.6 Å². The second-order valence-electron chi connectivity index (χ2n) is 4.15. The number of hydrogen-bond acceptors (Lipinski definition) is 4. The molecule has 0 bridgehead atoms. The smallest absolute Gasteiger partial charge is 0.255 e. The Kier molecular flexibility index (Phi) is 10.6. The summed E-state index contributed by atoms with van der Waals surface area (Å²) in [6, 6.07) is 0.0963. The highest BCUT2D eigenvalue weighted by atomic mass is 35.5. The first kappa shape index (κ1) is 18.9. The number of thioether (sulfide) groups is 1. The van der Waals surface area contributed by atoms with Crippen molar-refractivity contribution in [2.75, 3.05) is 44.9 Å². The number of hydrogen-bond donors (Lipinski definition) is 1. The molecule has 1 fully saturated rings. The Balaban J connectivity index is 0.00000324. The lowest BCUT2D eigenvalue weighted by Gasteiger charge is -2.27. The summed E-state index contributed by atoms with van der Waals surface area (Å²) in [4.78, 5) is 13.1. The normalized spacial score (nSPS) is 19.1. The molecule has 1 atom stereocenters. The van der Waals surface area contributed by atoms with E-state index < -0.39 is 13.0 Å². The molecule has 0 aromatic carbocycles. The first-order valence-electron chi connectivity index (χ1n) is 5.99. The maximum absolute atomic E-state index is 12.4. The SMILES string of the molecule is COCCN(CC(F)F)C(=O)CC1CSCCN1.Cl. The van der Waals surface area contributed by atoms with Gasteiger partial charge in [-0.05, 0) is 0 Å². The molecule has 1 aliphatic rings. The van der Waals surface area contributed by atoms with Gasteiger partial charge in [0.15, 0.2) is 0 Å². The monoisotopic (exact) mass is 318 g/mol. The van der Waals surface area contributed by atoms with Crippen LogP contribution in [0.4, 0.5) is 8.78 Å². The van der Waals surface area contributed by atoms with Crippen LogP contribution in [-0.2, 0) is 9.53 Å². The van der Waals surface area contributed by atoms with Gasteiger partial charge in [-0.2, -0.15) is 11.8 Å². The highest BCUT2D eigenvalue weighted by Gasteiger charge is 2.22. The Labute approximate surface area is 123 Å². The fraction of sp³-hybridized carbons (Fsp3) is 0.909. The van der Waals surface area contributed by atoms with Crippen LogP contribution in [0.5, 0.6) is 0 Å². The number of nitrogens with one attached hydrogen (secondary N) is 1. The summed E-state index contributed by atoms with van der Waals surface area (Å²) in [5, 5.41) is 3.23. The van der Waals surface area contributed by atoms with Gasteiger partial charge in [0.05, 0.1) is 13.2 Å². The van der Waals surface area contributed by atoms with E-state index >= 15 is 0 Å². The van der Waals surface area contributed by atoms with Crippen molar-refractivity contribution in [2.45, 2.75) is 18.9 Å². The van der Waals surface area contributed by atoms with Crippen LogP contribution in [-0.4, -0.2) is 68.1 Å². The van der Waals surface area contributed by atoms with Crippen molar-refractivity contribution in [1.29, 1.82) is 0 Å². The zero-order valence-electron chi connectivity index (χ0n) is 10.9. The number of rotatable bonds is 7. The molecule has 4 nitrogen and oxygen atoms in total. The number of methoxy groups -OCH3 is 1. The summed E-state index contributed by atoms with van der Waals surface area (Å²) < 4.78 is 29.6. The van der Waals surface area contributed by atoms with Gasteiger partial charge in [0.1, 0.15) is 0 Å². The van der Waals surface area contributed by atoms with Crippen LogP contribution in [0.25, 0.3) is 0 Å². The lowest BCUT2D eigenvalue weighted by atomic mass is 10.2. The molecule has 1 saturated heterocycles. The molecule has 0 aromatic heterocycles. The van der Waals surface area contributed by atoms with Gasteiger partial charge in [0.25, 0.3) is 6.43 Å². The molecule has 0 aromatic rings. The number of alkyl halides is 2. The average molecular weight is 319 g/mol. The van der Waals surface area contributed by atoms with Crippen LogP contribution in [0.1, 0.15) is 6.42 Å². The highest BCUT2D eigenvalue weighted by molar-refractivity contribution is 7.99. The van der Waals surface area contributed by atoms with E-state index in [1.807, 2.05) is 0 Å². The van der Waals surface area contributed by atoms with E-state index in [4.69, 9.17) is 4.74 Å². The molecule has 0 saturated carbocycles. The summed E-state index contributed by atoms with van der Waals surface area (Å²) in [5.74, 6) is 1.67. The Morgan fingerprint density at radius 3 is 2.84 bits per heavy atom. The van der Waals surface area contributed by atoms with Gasteiger partial charge in [-0.25, -0.2) is 8.78 Å². The molecule has 8 heteroatoms. The standard InChI is InChI=1S/C11H20F2N2O2S.ClH/c1-17-4-3-15(7-10(12)13)11(16)6-9-8-18-5-2-14-9;/h9-10,14H,2-8H2,1H3;1H. The lowest BCUT2D eigenvalue weighted by Crippen LogP contribution is -2.44. The van der Waals surface area contributed by atoms with E-state index in [1.165, 1.54) is 12.0 Å². The molecule has 1 N–H and O–H groups in total. The van der Waals surface area contributed by atoms with Gasteiger partial charge in [-0.3, -0.25) is 4.79 Å². The van der Waals surface area contributed by atoms with E-state index in [0.717, 1.165) is 18.1 Å². The maximum Gasteiger partial charge on any atom is 0.255 e. The molecular weight excluding hydrogens is 298 g/mol. The largest absolute Gasteiger partial charge is 0.383 e. The number of nitrogens with zero attached hydrogens (tertiary/aromatic N) is 1. The molecule has 1 heterocycles. The minimum absolute atomic E-state index is 0. The molecule has 1 rings (SSSR count). The Bertz CT molecular complexity index is 257. The van der Waals surface area contributed by atoms with E-state index in [2.05, 4.69) is 5.32 Å². The molecule has 0 radical (unpaired) electrons.